The van der Waals surface area contributed by atoms with Gasteiger partial charge in [-0.25, -0.2) is 0 Å². The topological polar surface area (TPSA) is 40.6 Å². The Labute approximate surface area is 180 Å². The van der Waals surface area contributed by atoms with Gasteiger partial charge in [0.2, 0.25) is 0 Å². The van der Waals surface area contributed by atoms with E-state index in [0.29, 0.717) is 18.7 Å². The highest BCUT2D eigenvalue weighted by Gasteiger charge is 2.59. The van der Waals surface area contributed by atoms with Gasteiger partial charge in [0.05, 0.1) is 12.2 Å². The third-order valence-corrected chi connectivity index (χ3v) is 7.25. The number of amides is 2. The molecule has 0 saturated carbocycles. The molecule has 0 aromatic heterocycles. The third kappa shape index (κ3) is 2.84. The van der Waals surface area contributed by atoms with Gasteiger partial charge in [0.25, 0.3) is 11.8 Å². The molecular formula is C25H22N2O2S. The number of carbonyl (C=O) groups excluding carboxylic acids is 2. The number of nitrogens with zero attached hydrogens (tertiary/aromatic N) is 2. The first-order valence-electron chi connectivity index (χ1n) is 10.1. The molecule has 4 nitrogen and oxygen atoms in total. The Bertz CT molecular complexity index is 1110. The van der Waals surface area contributed by atoms with Gasteiger partial charge < -0.3 is 9.80 Å². The Morgan fingerprint density at radius 3 is 2.43 bits per heavy atom. The molecule has 0 bridgehead atoms. The fraction of sp³-hybridized carbons (Fsp3) is 0.200. The lowest BCUT2D eigenvalue weighted by Gasteiger charge is -2.33. The van der Waals surface area contributed by atoms with E-state index in [1.807, 2.05) is 59.5 Å². The monoisotopic (exact) mass is 414 g/mol. The van der Waals surface area contributed by atoms with Gasteiger partial charge >= 0.3 is 0 Å². The third-order valence-electron chi connectivity index (χ3n) is 5.83. The van der Waals surface area contributed by atoms with Crippen molar-refractivity contribution in [1.82, 2.24) is 4.90 Å². The van der Waals surface area contributed by atoms with Crippen LogP contribution in [0.15, 0.2) is 78.9 Å². The van der Waals surface area contributed by atoms with Gasteiger partial charge in [-0.2, -0.15) is 0 Å². The van der Waals surface area contributed by atoms with E-state index in [9.17, 15) is 9.59 Å². The number of aryl methyl sites for hydroxylation is 1. The summed E-state index contributed by atoms with van der Waals surface area (Å²) in [6, 6.07) is 25.4. The van der Waals surface area contributed by atoms with Crippen molar-refractivity contribution in [3.05, 3.63) is 101 Å². The number of hydrogen-bond acceptors (Lipinski definition) is 3. The molecule has 0 aliphatic carbocycles. The molecule has 1 fully saturated rings. The Hall–Kier alpha value is -3.05. The minimum absolute atomic E-state index is 0.0314. The first-order chi connectivity index (χ1) is 14.6. The lowest BCUT2D eigenvalue weighted by atomic mass is 10.0. The van der Waals surface area contributed by atoms with Gasteiger partial charge in [0, 0.05) is 23.4 Å². The highest BCUT2D eigenvalue weighted by molar-refractivity contribution is 8.01. The van der Waals surface area contributed by atoms with Crippen molar-refractivity contribution in [2.45, 2.75) is 18.3 Å². The molecule has 2 heterocycles. The summed E-state index contributed by atoms with van der Waals surface area (Å²) in [5.41, 5.74) is 4.68. The molecule has 2 aliphatic rings. The maximum atomic E-state index is 13.9. The number of anilines is 1. The molecule has 2 amide bonds. The van der Waals surface area contributed by atoms with E-state index in [-0.39, 0.29) is 11.8 Å². The average molecular weight is 415 g/mol. The number of carbonyl (C=O) groups is 2. The zero-order valence-electron chi connectivity index (χ0n) is 16.7. The summed E-state index contributed by atoms with van der Waals surface area (Å²) in [6.45, 7) is 3.10. The van der Waals surface area contributed by atoms with Crippen LogP contribution in [0.1, 0.15) is 27.0 Å². The van der Waals surface area contributed by atoms with E-state index in [1.165, 1.54) is 5.56 Å². The van der Waals surface area contributed by atoms with E-state index in [1.54, 1.807) is 16.7 Å². The van der Waals surface area contributed by atoms with Crippen molar-refractivity contribution in [3.63, 3.8) is 0 Å². The van der Waals surface area contributed by atoms with Crippen LogP contribution in [0.25, 0.3) is 0 Å². The Balaban J connectivity index is 1.57. The first-order valence-corrected chi connectivity index (χ1v) is 11.1. The van der Waals surface area contributed by atoms with E-state index in [4.69, 9.17) is 0 Å². The zero-order valence-corrected chi connectivity index (χ0v) is 17.6. The first kappa shape index (κ1) is 18.9. The summed E-state index contributed by atoms with van der Waals surface area (Å²) >= 11 is 1.56. The predicted octanol–water partition coefficient (Wildman–Crippen LogP) is 4.58. The van der Waals surface area contributed by atoms with Crippen LogP contribution in [0, 0.1) is 6.92 Å². The quantitative estimate of drug-likeness (QED) is 0.630. The molecule has 0 N–H and O–H groups in total. The minimum atomic E-state index is -0.992. The summed E-state index contributed by atoms with van der Waals surface area (Å²) in [7, 11) is 0. The second kappa shape index (κ2) is 7.33. The minimum Gasteiger partial charge on any atom is -0.311 e. The maximum Gasteiger partial charge on any atom is 0.268 e. The van der Waals surface area contributed by atoms with E-state index in [2.05, 4.69) is 31.2 Å². The largest absolute Gasteiger partial charge is 0.311 e. The molecule has 1 atom stereocenters. The smallest absolute Gasteiger partial charge is 0.268 e. The summed E-state index contributed by atoms with van der Waals surface area (Å²) in [5, 5.41) is 0. The molecule has 3 aromatic carbocycles. The van der Waals surface area contributed by atoms with Gasteiger partial charge in [-0.05, 0) is 30.7 Å². The second-order valence-corrected chi connectivity index (χ2v) is 9.00. The summed E-state index contributed by atoms with van der Waals surface area (Å²) in [6.07, 6.45) is 0. The number of thioether (sulfide) groups is 1. The van der Waals surface area contributed by atoms with Crippen LogP contribution in [0.3, 0.4) is 0 Å². The molecule has 0 radical (unpaired) electrons. The molecule has 3 aromatic rings. The van der Waals surface area contributed by atoms with Crippen molar-refractivity contribution in [2.24, 2.45) is 0 Å². The highest BCUT2D eigenvalue weighted by Crippen LogP contribution is 2.54. The fourth-order valence-electron chi connectivity index (χ4n) is 4.34. The summed E-state index contributed by atoms with van der Waals surface area (Å²) in [5.74, 6) is 0.605. The van der Waals surface area contributed by atoms with E-state index >= 15 is 0 Å². The Morgan fingerprint density at radius 1 is 0.967 bits per heavy atom. The van der Waals surface area contributed by atoms with Crippen molar-refractivity contribution in [1.29, 1.82) is 0 Å². The molecule has 5 heteroatoms. The number of benzene rings is 3. The van der Waals surface area contributed by atoms with Crippen molar-refractivity contribution in [2.75, 3.05) is 17.2 Å². The fourth-order valence-corrected chi connectivity index (χ4v) is 5.80. The number of rotatable bonds is 3. The maximum absolute atomic E-state index is 13.9. The van der Waals surface area contributed by atoms with Crippen LogP contribution >= 0.6 is 11.8 Å². The molecule has 150 valence electrons. The van der Waals surface area contributed by atoms with Crippen LogP contribution < -0.4 is 4.90 Å². The number of fused-ring (bicyclic) bond motifs is 2. The summed E-state index contributed by atoms with van der Waals surface area (Å²) < 4.78 is 0. The molecule has 5 rings (SSSR count). The lowest BCUT2D eigenvalue weighted by molar-refractivity contribution is -0.123. The van der Waals surface area contributed by atoms with Gasteiger partial charge in [-0.1, -0.05) is 66.2 Å². The average Bonchev–Trinajstić information content (AvgIpc) is 3.33. The van der Waals surface area contributed by atoms with Crippen LogP contribution in [-0.2, 0) is 16.2 Å². The molecule has 2 aliphatic heterocycles. The number of para-hydroxylation sites is 1. The van der Waals surface area contributed by atoms with Gasteiger partial charge in [-0.15, -0.1) is 11.8 Å². The molecular weight excluding hydrogens is 392 g/mol. The van der Waals surface area contributed by atoms with Crippen LogP contribution in [0.2, 0.25) is 0 Å². The molecule has 30 heavy (non-hydrogen) atoms. The Kier molecular flexibility index (Phi) is 4.63. The van der Waals surface area contributed by atoms with Gasteiger partial charge in [0.1, 0.15) is 0 Å². The molecule has 1 saturated heterocycles. The van der Waals surface area contributed by atoms with Crippen molar-refractivity contribution < 1.29 is 9.59 Å². The molecule has 1 spiro atoms. The van der Waals surface area contributed by atoms with Crippen LogP contribution in [-0.4, -0.2) is 29.0 Å². The van der Waals surface area contributed by atoms with Gasteiger partial charge in [-0.3, -0.25) is 9.59 Å². The van der Waals surface area contributed by atoms with E-state index < -0.39 is 4.87 Å². The van der Waals surface area contributed by atoms with E-state index in [0.717, 1.165) is 22.6 Å². The molecule has 0 unspecified atom stereocenters. The second-order valence-electron chi connectivity index (χ2n) is 7.71. The summed E-state index contributed by atoms with van der Waals surface area (Å²) in [4.78, 5) is 29.9. The Morgan fingerprint density at radius 2 is 1.67 bits per heavy atom. The van der Waals surface area contributed by atoms with Gasteiger partial charge in [0.15, 0.2) is 4.87 Å². The standard InChI is InChI=1S/C25H22N2O2S/c1-18-11-13-19(14-12-18)17-26-22-10-6-5-9-21(22)25(24(26)29)27(15-16-30-25)23(28)20-7-3-2-4-8-20/h2-14H,15-17H2,1H3/t25-/m0/s1. The van der Waals surface area contributed by atoms with Crippen LogP contribution in [0.5, 0.6) is 0 Å². The lowest BCUT2D eigenvalue weighted by Crippen LogP contribution is -2.50. The number of hydrogen-bond donors (Lipinski definition) is 0. The van der Waals surface area contributed by atoms with Crippen LogP contribution in [0.4, 0.5) is 5.69 Å². The highest BCUT2D eigenvalue weighted by atomic mass is 32.2. The zero-order chi connectivity index (χ0) is 20.7. The van der Waals surface area contributed by atoms with Crippen molar-refractivity contribution >= 4 is 29.3 Å². The SMILES string of the molecule is Cc1ccc(CN2C(=O)[C@@]3(SCCN3C(=O)c3ccccc3)c3ccccc32)cc1. The normalized spacial score (nSPS) is 20.1. The van der Waals surface area contributed by atoms with Crippen molar-refractivity contribution in [3.8, 4) is 0 Å². The predicted molar refractivity (Wildman–Crippen MR) is 120 cm³/mol.